The highest BCUT2D eigenvalue weighted by molar-refractivity contribution is 5.95. The summed E-state index contributed by atoms with van der Waals surface area (Å²) >= 11 is 0. The van der Waals surface area contributed by atoms with Crippen molar-refractivity contribution in [3.8, 4) is 16.9 Å². The summed E-state index contributed by atoms with van der Waals surface area (Å²) in [5, 5.41) is 20.2. The molecule has 128 valence electrons. The predicted molar refractivity (Wildman–Crippen MR) is 95.0 cm³/mol. The van der Waals surface area contributed by atoms with Gasteiger partial charge < -0.3 is 15.0 Å². The molecule has 0 aliphatic carbocycles. The van der Waals surface area contributed by atoms with Gasteiger partial charge in [0, 0.05) is 12.1 Å². The zero-order valence-corrected chi connectivity index (χ0v) is 14.0. The number of phenols is 1. The van der Waals surface area contributed by atoms with E-state index in [9.17, 15) is 9.90 Å². The van der Waals surface area contributed by atoms with Gasteiger partial charge in [-0.3, -0.25) is 4.79 Å². The Morgan fingerprint density at radius 2 is 1.96 bits per heavy atom. The van der Waals surface area contributed by atoms with Crippen molar-refractivity contribution in [3.05, 3.63) is 66.2 Å². The largest absolute Gasteiger partial charge is 0.508 e. The first-order valence-corrected chi connectivity index (χ1v) is 8.21. The van der Waals surface area contributed by atoms with Crippen molar-refractivity contribution in [1.29, 1.82) is 0 Å². The summed E-state index contributed by atoms with van der Waals surface area (Å²) in [6.45, 7) is 3.24. The van der Waals surface area contributed by atoms with E-state index in [0.717, 1.165) is 29.9 Å². The van der Waals surface area contributed by atoms with Crippen LogP contribution >= 0.6 is 0 Å². The van der Waals surface area contributed by atoms with E-state index in [0.29, 0.717) is 12.1 Å². The molecule has 1 heterocycles. The molecule has 6 nitrogen and oxygen atoms in total. The van der Waals surface area contributed by atoms with Gasteiger partial charge in [0.15, 0.2) is 5.82 Å². The Hall–Kier alpha value is -3.15. The lowest BCUT2D eigenvalue weighted by Gasteiger charge is -2.08. The molecule has 2 aromatic carbocycles. The minimum absolute atomic E-state index is 0.160. The Morgan fingerprint density at radius 1 is 1.16 bits per heavy atom. The maximum absolute atomic E-state index is 12.4. The van der Waals surface area contributed by atoms with Gasteiger partial charge in [-0.2, -0.15) is 0 Å². The number of carbonyl (C=O) groups is 1. The van der Waals surface area contributed by atoms with Crippen LogP contribution < -0.4 is 5.32 Å². The first-order chi connectivity index (χ1) is 12.2. The molecule has 0 unspecified atom stereocenters. The lowest BCUT2D eigenvalue weighted by atomic mass is 10.0. The Morgan fingerprint density at radius 3 is 2.72 bits per heavy atom. The van der Waals surface area contributed by atoms with Crippen LogP contribution in [0.5, 0.6) is 5.75 Å². The number of rotatable bonds is 6. The molecule has 0 aliphatic rings. The number of hydrogen-bond donors (Lipinski definition) is 2. The molecule has 6 heteroatoms. The number of amides is 1. The van der Waals surface area contributed by atoms with Gasteiger partial charge in [0.25, 0.3) is 5.91 Å². The lowest BCUT2D eigenvalue weighted by molar-refractivity contribution is 0.0949. The molecule has 25 heavy (non-hydrogen) atoms. The van der Waals surface area contributed by atoms with Crippen LogP contribution in [0, 0.1) is 0 Å². The number of aromatic nitrogens is 3. The smallest absolute Gasteiger partial charge is 0.251 e. The molecular formula is C19H20N4O2. The maximum Gasteiger partial charge on any atom is 0.251 e. The molecule has 2 N–H and O–H groups in total. The minimum Gasteiger partial charge on any atom is -0.508 e. The quantitative estimate of drug-likeness (QED) is 0.725. The van der Waals surface area contributed by atoms with Crippen LogP contribution in [-0.2, 0) is 13.1 Å². The van der Waals surface area contributed by atoms with Crippen molar-refractivity contribution in [1.82, 2.24) is 20.1 Å². The summed E-state index contributed by atoms with van der Waals surface area (Å²) < 4.78 is 1.94. The van der Waals surface area contributed by atoms with E-state index in [1.807, 2.05) is 34.9 Å². The molecule has 0 saturated heterocycles. The second kappa shape index (κ2) is 7.61. The number of aromatic hydroxyl groups is 1. The summed E-state index contributed by atoms with van der Waals surface area (Å²) in [6.07, 6.45) is 2.66. The minimum atomic E-state index is -0.160. The molecule has 0 radical (unpaired) electrons. The molecule has 0 bridgehead atoms. The molecule has 3 aromatic rings. The van der Waals surface area contributed by atoms with Crippen molar-refractivity contribution in [3.63, 3.8) is 0 Å². The zero-order valence-electron chi connectivity index (χ0n) is 14.0. The average Bonchev–Trinajstić information content (AvgIpc) is 3.08. The monoisotopic (exact) mass is 336 g/mol. The summed E-state index contributed by atoms with van der Waals surface area (Å²) in [5.41, 5.74) is 2.43. The van der Waals surface area contributed by atoms with Gasteiger partial charge in [0.1, 0.15) is 12.1 Å². The highest BCUT2D eigenvalue weighted by Crippen LogP contribution is 2.22. The van der Waals surface area contributed by atoms with E-state index < -0.39 is 0 Å². The van der Waals surface area contributed by atoms with E-state index >= 15 is 0 Å². The molecule has 0 spiro atoms. The first kappa shape index (κ1) is 16.7. The maximum atomic E-state index is 12.4. The van der Waals surface area contributed by atoms with Crippen molar-refractivity contribution >= 4 is 5.91 Å². The topological polar surface area (TPSA) is 80.0 Å². The van der Waals surface area contributed by atoms with Gasteiger partial charge in [-0.05, 0) is 41.8 Å². The van der Waals surface area contributed by atoms with Gasteiger partial charge >= 0.3 is 0 Å². The second-order valence-electron chi connectivity index (χ2n) is 5.75. The normalized spacial score (nSPS) is 10.6. The van der Waals surface area contributed by atoms with Gasteiger partial charge in [-0.25, -0.2) is 0 Å². The third-order valence-corrected chi connectivity index (χ3v) is 3.89. The Labute approximate surface area is 146 Å². The van der Waals surface area contributed by atoms with Gasteiger partial charge in [0.2, 0.25) is 0 Å². The third kappa shape index (κ3) is 4.03. The Bertz CT molecular complexity index is 856. The van der Waals surface area contributed by atoms with E-state index in [4.69, 9.17) is 0 Å². The Balaban J connectivity index is 1.71. The van der Waals surface area contributed by atoms with Crippen molar-refractivity contribution in [2.24, 2.45) is 0 Å². The summed E-state index contributed by atoms with van der Waals surface area (Å²) in [6, 6.07) is 14.3. The fraction of sp³-hybridized carbons (Fsp3) is 0.211. The summed E-state index contributed by atoms with van der Waals surface area (Å²) in [7, 11) is 0. The molecule has 0 atom stereocenters. The molecule has 0 fully saturated rings. The van der Waals surface area contributed by atoms with Crippen LogP contribution in [0.25, 0.3) is 11.1 Å². The second-order valence-corrected chi connectivity index (χ2v) is 5.75. The number of carbonyl (C=O) groups excluding carboxylic acids is 1. The number of nitrogens with zero attached hydrogens (tertiary/aromatic N) is 3. The van der Waals surface area contributed by atoms with Crippen molar-refractivity contribution < 1.29 is 9.90 Å². The fourth-order valence-corrected chi connectivity index (χ4v) is 2.60. The average molecular weight is 336 g/mol. The highest BCUT2D eigenvalue weighted by atomic mass is 16.3. The molecule has 0 aliphatic heterocycles. The van der Waals surface area contributed by atoms with Gasteiger partial charge in [-0.1, -0.05) is 31.2 Å². The van der Waals surface area contributed by atoms with Crippen molar-refractivity contribution in [2.75, 3.05) is 0 Å². The van der Waals surface area contributed by atoms with Crippen LogP contribution in [0.2, 0.25) is 0 Å². The Kier molecular flexibility index (Phi) is 5.09. The van der Waals surface area contributed by atoms with Crippen LogP contribution in [0.4, 0.5) is 0 Å². The number of phenolic OH excluding ortho intramolecular Hbond substituents is 1. The first-order valence-electron chi connectivity index (χ1n) is 8.21. The van der Waals surface area contributed by atoms with Gasteiger partial charge in [-0.15, -0.1) is 10.2 Å². The van der Waals surface area contributed by atoms with Crippen LogP contribution in [0.1, 0.15) is 29.5 Å². The number of benzene rings is 2. The lowest BCUT2D eigenvalue weighted by Crippen LogP contribution is -2.24. The summed E-state index contributed by atoms with van der Waals surface area (Å²) in [5.74, 6) is 0.797. The molecule has 1 aromatic heterocycles. The van der Waals surface area contributed by atoms with E-state index in [1.54, 1.807) is 24.5 Å². The number of hydrogen-bond acceptors (Lipinski definition) is 4. The third-order valence-electron chi connectivity index (χ3n) is 3.89. The highest BCUT2D eigenvalue weighted by Gasteiger charge is 2.09. The van der Waals surface area contributed by atoms with Crippen LogP contribution in [0.15, 0.2) is 54.9 Å². The SMILES string of the molecule is CCCn1cnnc1CNC(=O)c1cccc(-c2ccc(O)cc2)c1. The van der Waals surface area contributed by atoms with E-state index in [-0.39, 0.29) is 11.7 Å². The molecule has 3 rings (SSSR count). The summed E-state index contributed by atoms with van der Waals surface area (Å²) in [4.78, 5) is 12.4. The van der Waals surface area contributed by atoms with Gasteiger partial charge in [0.05, 0.1) is 6.54 Å². The molecule has 1 amide bonds. The zero-order chi connectivity index (χ0) is 17.6. The number of aryl methyl sites for hydroxylation is 1. The van der Waals surface area contributed by atoms with E-state index in [2.05, 4.69) is 22.4 Å². The van der Waals surface area contributed by atoms with E-state index in [1.165, 1.54) is 0 Å². The number of nitrogens with one attached hydrogen (secondary N) is 1. The fourth-order valence-electron chi connectivity index (χ4n) is 2.60. The standard InChI is InChI=1S/C19H20N4O2/c1-2-10-23-13-21-22-18(23)12-20-19(25)16-5-3-4-15(11-16)14-6-8-17(24)9-7-14/h3-9,11,13,24H,2,10,12H2,1H3,(H,20,25). The van der Waals surface area contributed by atoms with Crippen LogP contribution in [-0.4, -0.2) is 25.8 Å². The molecule has 0 saturated carbocycles. The predicted octanol–water partition coefficient (Wildman–Crippen LogP) is 2.99. The molecular weight excluding hydrogens is 316 g/mol. The van der Waals surface area contributed by atoms with Crippen molar-refractivity contribution in [2.45, 2.75) is 26.4 Å². The van der Waals surface area contributed by atoms with Crippen LogP contribution in [0.3, 0.4) is 0 Å².